The highest BCUT2D eigenvalue weighted by atomic mass is 79.9. The molecule has 3 rings (SSSR count). The molecule has 0 saturated heterocycles. The van der Waals surface area contributed by atoms with Crippen molar-refractivity contribution in [1.82, 2.24) is 15.2 Å². The normalized spacial score (nSPS) is 31.0. The molecule has 5 heteroatoms. The van der Waals surface area contributed by atoms with Crippen molar-refractivity contribution in [3.8, 4) is 0 Å². The summed E-state index contributed by atoms with van der Waals surface area (Å²) in [5, 5.41) is 4.40. The summed E-state index contributed by atoms with van der Waals surface area (Å²) < 4.78 is 3.11. The van der Waals surface area contributed by atoms with Crippen molar-refractivity contribution < 1.29 is 0 Å². The lowest BCUT2D eigenvalue weighted by Crippen LogP contribution is -2.32. The van der Waals surface area contributed by atoms with Gasteiger partial charge in [-0.3, -0.25) is 16.0 Å². The Labute approximate surface area is 123 Å². The predicted octanol–water partition coefficient (Wildman–Crippen LogP) is 3.00. The monoisotopic (exact) mass is 326 g/mol. The van der Waals surface area contributed by atoms with Crippen LogP contribution in [0.15, 0.2) is 10.7 Å². The van der Waals surface area contributed by atoms with Gasteiger partial charge >= 0.3 is 0 Å². The van der Waals surface area contributed by atoms with Gasteiger partial charge in [-0.05, 0) is 66.3 Å². The molecule has 0 aromatic carbocycles. The molecule has 0 spiro atoms. The molecule has 2 aliphatic carbocycles. The van der Waals surface area contributed by atoms with E-state index in [9.17, 15) is 0 Å². The molecule has 106 valence electrons. The van der Waals surface area contributed by atoms with Crippen molar-refractivity contribution in [3.63, 3.8) is 0 Å². The van der Waals surface area contributed by atoms with Crippen molar-refractivity contribution in [1.29, 1.82) is 0 Å². The Bertz CT molecular complexity index is 445. The van der Waals surface area contributed by atoms with Gasteiger partial charge in [-0.15, -0.1) is 0 Å². The molecular formula is C14H23BrN4. The minimum atomic E-state index is 0.209. The van der Waals surface area contributed by atoms with E-state index in [1.165, 1.54) is 31.4 Å². The van der Waals surface area contributed by atoms with Crippen LogP contribution in [-0.4, -0.2) is 9.78 Å². The van der Waals surface area contributed by atoms with Crippen molar-refractivity contribution in [3.05, 3.63) is 16.4 Å². The first kappa shape index (κ1) is 13.6. The highest BCUT2D eigenvalue weighted by Gasteiger charge is 2.40. The largest absolute Gasteiger partial charge is 0.271 e. The van der Waals surface area contributed by atoms with Gasteiger partial charge in [-0.1, -0.05) is 6.42 Å². The quantitative estimate of drug-likeness (QED) is 0.646. The lowest BCUT2D eigenvalue weighted by atomic mass is 9.83. The Morgan fingerprint density at radius 2 is 2.37 bits per heavy atom. The van der Waals surface area contributed by atoms with Gasteiger partial charge in [0.15, 0.2) is 0 Å². The van der Waals surface area contributed by atoms with Crippen LogP contribution < -0.4 is 11.3 Å². The second-order valence-corrected chi connectivity index (χ2v) is 6.94. The maximum Gasteiger partial charge on any atom is 0.0709 e. The number of halogens is 1. The van der Waals surface area contributed by atoms with Crippen molar-refractivity contribution in [2.45, 2.75) is 51.6 Å². The maximum atomic E-state index is 5.82. The Hall–Kier alpha value is -0.390. The van der Waals surface area contributed by atoms with Crippen LogP contribution in [-0.2, 0) is 6.54 Å². The third kappa shape index (κ3) is 2.48. The molecule has 1 aromatic rings. The Kier molecular flexibility index (Phi) is 3.96. The van der Waals surface area contributed by atoms with E-state index >= 15 is 0 Å². The van der Waals surface area contributed by atoms with E-state index in [4.69, 9.17) is 5.84 Å². The molecule has 1 aromatic heterocycles. The minimum Gasteiger partial charge on any atom is -0.271 e. The number of hydrogen-bond acceptors (Lipinski definition) is 3. The SMILES string of the molecule is CCn1ncc(Br)c1C(CC1CC2CCC1C2)NN. The number of hydrazine groups is 1. The summed E-state index contributed by atoms with van der Waals surface area (Å²) in [6.07, 6.45) is 8.77. The zero-order valence-electron chi connectivity index (χ0n) is 11.5. The maximum absolute atomic E-state index is 5.82. The number of aromatic nitrogens is 2. The van der Waals surface area contributed by atoms with Gasteiger partial charge in [-0.25, -0.2) is 0 Å². The summed E-state index contributed by atoms with van der Waals surface area (Å²) in [5.41, 5.74) is 4.22. The first-order chi connectivity index (χ1) is 9.22. The number of nitrogens with zero attached hydrogens (tertiary/aromatic N) is 2. The molecule has 2 aliphatic rings. The van der Waals surface area contributed by atoms with E-state index < -0.39 is 0 Å². The van der Waals surface area contributed by atoms with Gasteiger partial charge in [0.25, 0.3) is 0 Å². The van der Waals surface area contributed by atoms with Gasteiger partial charge in [0.2, 0.25) is 0 Å². The number of aryl methyl sites for hydroxylation is 1. The Balaban J connectivity index is 1.75. The van der Waals surface area contributed by atoms with Crippen LogP contribution in [0.1, 0.15) is 50.8 Å². The summed E-state index contributed by atoms with van der Waals surface area (Å²) in [6, 6.07) is 0.209. The molecule has 19 heavy (non-hydrogen) atoms. The molecule has 4 nitrogen and oxygen atoms in total. The highest BCUT2D eigenvalue weighted by Crippen LogP contribution is 2.51. The standard InChI is InChI=1S/C14H23BrN4/c1-2-19-14(12(15)8-17-19)13(18-16)7-11-6-9-3-4-10(11)5-9/h8-11,13,18H,2-7,16H2,1H3. The summed E-state index contributed by atoms with van der Waals surface area (Å²) in [7, 11) is 0. The Morgan fingerprint density at radius 3 is 2.95 bits per heavy atom. The van der Waals surface area contributed by atoms with Crippen LogP contribution in [0.25, 0.3) is 0 Å². The summed E-state index contributed by atoms with van der Waals surface area (Å²) in [5.74, 6) is 8.60. The first-order valence-corrected chi connectivity index (χ1v) is 8.19. The van der Waals surface area contributed by atoms with E-state index in [1.807, 2.05) is 10.9 Å². The van der Waals surface area contributed by atoms with E-state index in [0.717, 1.165) is 35.2 Å². The molecule has 0 amide bonds. The number of nitrogens with two attached hydrogens (primary N) is 1. The lowest BCUT2D eigenvalue weighted by Gasteiger charge is -2.27. The topological polar surface area (TPSA) is 55.9 Å². The molecule has 3 N–H and O–H groups in total. The second-order valence-electron chi connectivity index (χ2n) is 6.08. The summed E-state index contributed by atoms with van der Waals surface area (Å²) in [6.45, 7) is 3.00. The van der Waals surface area contributed by atoms with E-state index in [2.05, 4.69) is 33.4 Å². The van der Waals surface area contributed by atoms with Gasteiger partial charge in [-0.2, -0.15) is 5.10 Å². The zero-order valence-corrected chi connectivity index (χ0v) is 13.1. The van der Waals surface area contributed by atoms with E-state index in [0.29, 0.717) is 0 Å². The van der Waals surface area contributed by atoms with Crippen LogP contribution in [0.3, 0.4) is 0 Å². The number of nitrogens with one attached hydrogen (secondary N) is 1. The van der Waals surface area contributed by atoms with Crippen molar-refractivity contribution in [2.75, 3.05) is 0 Å². The van der Waals surface area contributed by atoms with Crippen LogP contribution in [0.2, 0.25) is 0 Å². The average Bonchev–Trinajstić information content (AvgIpc) is 3.11. The second kappa shape index (κ2) is 5.54. The van der Waals surface area contributed by atoms with Gasteiger partial charge in [0.1, 0.15) is 0 Å². The molecule has 0 radical (unpaired) electrons. The minimum absolute atomic E-state index is 0.209. The van der Waals surface area contributed by atoms with Gasteiger partial charge in [0, 0.05) is 6.54 Å². The number of fused-ring (bicyclic) bond motifs is 2. The third-order valence-corrected chi connectivity index (χ3v) is 5.70. The van der Waals surface area contributed by atoms with Crippen LogP contribution >= 0.6 is 15.9 Å². The van der Waals surface area contributed by atoms with Crippen LogP contribution in [0, 0.1) is 17.8 Å². The Morgan fingerprint density at radius 1 is 1.53 bits per heavy atom. The fourth-order valence-corrected chi connectivity index (χ4v) is 4.77. The number of rotatable bonds is 5. The number of hydrogen-bond donors (Lipinski definition) is 2. The van der Waals surface area contributed by atoms with E-state index in [1.54, 1.807) is 0 Å². The van der Waals surface area contributed by atoms with E-state index in [-0.39, 0.29) is 6.04 Å². The van der Waals surface area contributed by atoms with Crippen molar-refractivity contribution >= 4 is 15.9 Å². The first-order valence-electron chi connectivity index (χ1n) is 7.40. The molecule has 2 saturated carbocycles. The smallest absolute Gasteiger partial charge is 0.0709 e. The third-order valence-electron chi connectivity index (χ3n) is 5.09. The van der Waals surface area contributed by atoms with Gasteiger partial charge < -0.3 is 0 Å². The van der Waals surface area contributed by atoms with Crippen molar-refractivity contribution in [2.24, 2.45) is 23.6 Å². The molecule has 0 aliphatic heterocycles. The van der Waals surface area contributed by atoms with Crippen LogP contribution in [0.4, 0.5) is 0 Å². The predicted molar refractivity (Wildman–Crippen MR) is 79.2 cm³/mol. The molecule has 2 bridgehead atoms. The molecule has 4 unspecified atom stereocenters. The fourth-order valence-electron chi connectivity index (χ4n) is 4.20. The fraction of sp³-hybridized carbons (Fsp3) is 0.786. The molecule has 4 atom stereocenters. The highest BCUT2D eigenvalue weighted by molar-refractivity contribution is 9.10. The zero-order chi connectivity index (χ0) is 13.4. The summed E-state index contributed by atoms with van der Waals surface area (Å²) in [4.78, 5) is 0. The van der Waals surface area contributed by atoms with Crippen LogP contribution in [0.5, 0.6) is 0 Å². The molecule has 1 heterocycles. The molecular weight excluding hydrogens is 304 g/mol. The molecule has 2 fully saturated rings. The average molecular weight is 327 g/mol. The summed E-state index contributed by atoms with van der Waals surface area (Å²) >= 11 is 3.61. The van der Waals surface area contributed by atoms with Gasteiger partial charge in [0.05, 0.1) is 22.4 Å². The lowest BCUT2D eigenvalue weighted by molar-refractivity contribution is 0.274.